The monoisotopic (exact) mass is 418 g/mol. The van der Waals surface area contributed by atoms with Crippen molar-refractivity contribution >= 4 is 11.6 Å². The Morgan fingerprint density at radius 3 is 2.39 bits per heavy atom. The molecule has 1 aromatic heterocycles. The van der Waals surface area contributed by atoms with Crippen LogP contribution in [0.5, 0.6) is 11.5 Å². The summed E-state index contributed by atoms with van der Waals surface area (Å²) >= 11 is 0. The van der Waals surface area contributed by atoms with Gasteiger partial charge in [0.2, 0.25) is 5.89 Å². The summed E-state index contributed by atoms with van der Waals surface area (Å²) in [4.78, 5) is 17.2. The lowest BCUT2D eigenvalue weighted by molar-refractivity contribution is 0.102. The smallest absolute Gasteiger partial charge is 0.256 e. The molecule has 0 aliphatic carbocycles. The van der Waals surface area contributed by atoms with Crippen LogP contribution in [0.4, 0.5) is 10.1 Å². The number of aromatic nitrogens is 1. The zero-order chi connectivity index (χ0) is 21.8. The lowest BCUT2D eigenvalue weighted by atomic mass is 10.1. The molecular formula is C24H19FN2O4. The first-order chi connectivity index (χ1) is 15.1. The van der Waals surface area contributed by atoms with Gasteiger partial charge in [0.05, 0.1) is 31.5 Å². The Kier molecular flexibility index (Phi) is 5.66. The van der Waals surface area contributed by atoms with Gasteiger partial charge in [0.1, 0.15) is 5.82 Å². The van der Waals surface area contributed by atoms with E-state index in [1.54, 1.807) is 60.7 Å². The quantitative estimate of drug-likeness (QED) is 0.453. The number of benzene rings is 3. The number of amides is 1. The van der Waals surface area contributed by atoms with Crippen LogP contribution in [0.3, 0.4) is 0 Å². The third-order valence-electron chi connectivity index (χ3n) is 4.69. The van der Waals surface area contributed by atoms with Crippen LogP contribution in [0, 0.1) is 5.82 Å². The average molecular weight is 418 g/mol. The Morgan fingerprint density at radius 2 is 1.65 bits per heavy atom. The van der Waals surface area contributed by atoms with E-state index in [9.17, 15) is 9.18 Å². The molecule has 0 spiro atoms. The standard InChI is InChI=1S/C24H19FN2O4/c1-29-20-12-11-15(13-21(20)30-2)27-23(28)16-7-3-4-8-17(16)24-26-14-22(31-24)18-9-5-6-10-19(18)25/h3-14H,1-2H3,(H,27,28). The summed E-state index contributed by atoms with van der Waals surface area (Å²) in [5, 5.41) is 2.84. The number of nitrogens with one attached hydrogen (secondary N) is 1. The van der Waals surface area contributed by atoms with Crippen molar-refractivity contribution in [2.24, 2.45) is 0 Å². The molecular weight excluding hydrogens is 399 g/mol. The largest absolute Gasteiger partial charge is 0.493 e. The Hall–Kier alpha value is -4.13. The molecule has 7 heteroatoms. The number of carbonyl (C=O) groups excluding carboxylic acids is 1. The predicted molar refractivity (Wildman–Crippen MR) is 115 cm³/mol. The third kappa shape index (κ3) is 4.11. The number of anilines is 1. The first-order valence-corrected chi connectivity index (χ1v) is 9.44. The molecule has 31 heavy (non-hydrogen) atoms. The van der Waals surface area contributed by atoms with Crippen LogP contribution in [-0.4, -0.2) is 25.1 Å². The van der Waals surface area contributed by atoms with Gasteiger partial charge >= 0.3 is 0 Å². The van der Waals surface area contributed by atoms with E-state index in [1.807, 2.05) is 0 Å². The van der Waals surface area contributed by atoms with Crippen LogP contribution < -0.4 is 14.8 Å². The first-order valence-electron chi connectivity index (χ1n) is 9.44. The highest BCUT2D eigenvalue weighted by atomic mass is 19.1. The van der Waals surface area contributed by atoms with Gasteiger partial charge in [-0.15, -0.1) is 0 Å². The number of carbonyl (C=O) groups is 1. The maximum absolute atomic E-state index is 14.1. The van der Waals surface area contributed by atoms with E-state index >= 15 is 0 Å². The van der Waals surface area contributed by atoms with Crippen LogP contribution in [0.1, 0.15) is 10.4 Å². The normalized spacial score (nSPS) is 10.5. The predicted octanol–water partition coefficient (Wildman–Crippen LogP) is 5.42. The molecule has 3 aromatic carbocycles. The molecule has 0 unspecified atom stereocenters. The number of halogens is 1. The van der Waals surface area contributed by atoms with E-state index in [1.165, 1.54) is 26.5 Å². The second-order valence-corrected chi connectivity index (χ2v) is 6.58. The fourth-order valence-corrected chi connectivity index (χ4v) is 3.16. The lowest BCUT2D eigenvalue weighted by Crippen LogP contribution is -2.13. The van der Waals surface area contributed by atoms with E-state index in [0.29, 0.717) is 33.9 Å². The Morgan fingerprint density at radius 1 is 0.935 bits per heavy atom. The summed E-state index contributed by atoms with van der Waals surface area (Å²) in [6.07, 6.45) is 1.44. The SMILES string of the molecule is COc1ccc(NC(=O)c2ccccc2-c2ncc(-c3ccccc3F)o2)cc1OC. The lowest BCUT2D eigenvalue weighted by Gasteiger charge is -2.11. The summed E-state index contributed by atoms with van der Waals surface area (Å²) in [7, 11) is 3.06. The Bertz CT molecular complexity index is 1240. The topological polar surface area (TPSA) is 73.6 Å². The molecule has 0 saturated carbocycles. The van der Waals surface area contributed by atoms with Crippen LogP contribution >= 0.6 is 0 Å². The fourth-order valence-electron chi connectivity index (χ4n) is 3.16. The van der Waals surface area contributed by atoms with Gasteiger partial charge in [0.15, 0.2) is 17.3 Å². The van der Waals surface area contributed by atoms with Crippen molar-refractivity contribution in [1.29, 1.82) is 0 Å². The molecule has 0 fully saturated rings. The van der Waals surface area contributed by atoms with Crippen LogP contribution in [0.25, 0.3) is 22.8 Å². The molecule has 6 nitrogen and oxygen atoms in total. The van der Waals surface area contributed by atoms with E-state index in [4.69, 9.17) is 13.9 Å². The van der Waals surface area contributed by atoms with Crippen molar-refractivity contribution in [2.75, 3.05) is 19.5 Å². The molecule has 0 aliphatic rings. The van der Waals surface area contributed by atoms with Gasteiger partial charge in [-0.1, -0.05) is 24.3 Å². The van der Waals surface area contributed by atoms with Crippen molar-refractivity contribution in [1.82, 2.24) is 4.98 Å². The van der Waals surface area contributed by atoms with Gasteiger partial charge in [-0.2, -0.15) is 0 Å². The minimum atomic E-state index is -0.412. The molecule has 0 bridgehead atoms. The van der Waals surface area contributed by atoms with Crippen LogP contribution in [-0.2, 0) is 0 Å². The summed E-state index contributed by atoms with van der Waals surface area (Å²) < 4.78 is 30.4. The number of ether oxygens (including phenoxy) is 2. The van der Waals surface area contributed by atoms with Gasteiger partial charge < -0.3 is 19.2 Å². The summed E-state index contributed by atoms with van der Waals surface area (Å²) in [5.74, 6) is 0.787. The number of hydrogen-bond donors (Lipinski definition) is 1. The molecule has 1 heterocycles. The second kappa shape index (κ2) is 8.71. The molecule has 4 aromatic rings. The molecule has 0 atom stereocenters. The minimum Gasteiger partial charge on any atom is -0.493 e. The highest BCUT2D eigenvalue weighted by molar-refractivity contribution is 6.08. The first kappa shape index (κ1) is 20.2. The summed E-state index contributed by atoms with van der Waals surface area (Å²) in [5.41, 5.74) is 1.69. The molecule has 0 radical (unpaired) electrons. The number of oxazole rings is 1. The minimum absolute atomic E-state index is 0.219. The number of methoxy groups -OCH3 is 2. The summed E-state index contributed by atoms with van der Waals surface area (Å²) in [6, 6.07) is 18.3. The van der Waals surface area contributed by atoms with E-state index in [0.717, 1.165) is 0 Å². The van der Waals surface area contributed by atoms with Crippen molar-refractivity contribution in [3.8, 4) is 34.3 Å². The molecule has 0 saturated heterocycles. The van der Waals surface area contributed by atoms with Crippen LogP contribution in [0.15, 0.2) is 77.3 Å². The fraction of sp³-hybridized carbons (Fsp3) is 0.0833. The summed E-state index contributed by atoms with van der Waals surface area (Å²) in [6.45, 7) is 0. The van der Waals surface area contributed by atoms with Gasteiger partial charge in [-0.05, 0) is 36.4 Å². The molecule has 156 valence electrons. The number of nitrogens with zero attached hydrogens (tertiary/aromatic N) is 1. The Balaban J connectivity index is 1.64. The number of rotatable bonds is 6. The highest BCUT2D eigenvalue weighted by Gasteiger charge is 2.18. The third-order valence-corrected chi connectivity index (χ3v) is 4.69. The average Bonchev–Trinajstić information content (AvgIpc) is 3.29. The van der Waals surface area contributed by atoms with Crippen molar-refractivity contribution < 1.29 is 23.1 Å². The van der Waals surface area contributed by atoms with Crippen molar-refractivity contribution in [3.63, 3.8) is 0 Å². The van der Waals surface area contributed by atoms with Crippen molar-refractivity contribution in [2.45, 2.75) is 0 Å². The van der Waals surface area contributed by atoms with E-state index in [2.05, 4.69) is 10.3 Å². The molecule has 1 N–H and O–H groups in total. The molecule has 1 amide bonds. The van der Waals surface area contributed by atoms with Gasteiger partial charge in [0.25, 0.3) is 5.91 Å². The zero-order valence-electron chi connectivity index (χ0n) is 16.9. The molecule has 0 aliphatic heterocycles. The van der Waals surface area contributed by atoms with Crippen molar-refractivity contribution in [3.05, 3.63) is 84.3 Å². The zero-order valence-corrected chi connectivity index (χ0v) is 16.9. The maximum atomic E-state index is 14.1. The second-order valence-electron chi connectivity index (χ2n) is 6.58. The molecule has 4 rings (SSSR count). The van der Waals surface area contributed by atoms with E-state index in [-0.39, 0.29) is 17.6 Å². The van der Waals surface area contributed by atoms with Gasteiger partial charge in [-0.3, -0.25) is 4.79 Å². The highest BCUT2D eigenvalue weighted by Crippen LogP contribution is 2.32. The maximum Gasteiger partial charge on any atom is 0.256 e. The number of hydrogen-bond acceptors (Lipinski definition) is 5. The van der Waals surface area contributed by atoms with Gasteiger partial charge in [0, 0.05) is 17.3 Å². The van der Waals surface area contributed by atoms with E-state index < -0.39 is 5.82 Å². The van der Waals surface area contributed by atoms with Crippen LogP contribution in [0.2, 0.25) is 0 Å². The Labute approximate surface area is 178 Å². The van der Waals surface area contributed by atoms with Gasteiger partial charge in [-0.25, -0.2) is 9.37 Å².